The summed E-state index contributed by atoms with van der Waals surface area (Å²) in [6.45, 7) is 1.52. The second-order valence-corrected chi connectivity index (χ2v) is 2.54. The van der Waals surface area contributed by atoms with Crippen molar-refractivity contribution in [1.29, 1.82) is 0 Å². The van der Waals surface area contributed by atoms with Crippen LogP contribution in [0.3, 0.4) is 0 Å². The van der Waals surface area contributed by atoms with Crippen molar-refractivity contribution in [2.75, 3.05) is 13.2 Å². The minimum absolute atomic E-state index is 0.446. The molecule has 0 aromatic rings. The quantitative estimate of drug-likeness (QED) is 0.559. The van der Waals surface area contributed by atoms with Crippen LogP contribution in [0.2, 0.25) is 0 Å². The van der Waals surface area contributed by atoms with E-state index < -0.39 is 5.97 Å². The Morgan fingerprint density at radius 1 is 1.73 bits per heavy atom. The first-order valence-electron chi connectivity index (χ1n) is 3.58. The van der Waals surface area contributed by atoms with E-state index >= 15 is 0 Å². The van der Waals surface area contributed by atoms with Crippen molar-refractivity contribution in [2.45, 2.75) is 12.8 Å². The zero-order chi connectivity index (χ0) is 8.10. The number of hydrogen-bond acceptors (Lipinski definition) is 2. The monoisotopic (exact) mass is 154 g/mol. The number of carbonyl (C=O) groups is 1. The van der Waals surface area contributed by atoms with E-state index in [0.717, 1.165) is 19.6 Å². The van der Waals surface area contributed by atoms with Crippen molar-refractivity contribution < 1.29 is 14.6 Å². The molecule has 0 saturated carbocycles. The molecule has 3 nitrogen and oxygen atoms in total. The number of carboxylic acids is 1. The molecule has 3 heteroatoms. The first-order valence-corrected chi connectivity index (χ1v) is 3.58. The molecule has 60 valence electrons. The molecule has 1 rings (SSSR count). The molecule has 0 radical (unpaired) electrons. The number of carboxylic acid groups (broad SMARTS) is 1. The fraction of sp³-hybridized carbons (Fsp3) is 0.625. The third kappa shape index (κ3) is 3.06. The maximum absolute atomic E-state index is 9.97. The van der Waals surface area contributed by atoms with Gasteiger partial charge >= 0.3 is 5.97 Å². The molecule has 1 atom stereocenters. The molecule has 1 unspecified atom stereocenters. The summed E-state index contributed by atoms with van der Waals surface area (Å²) in [4.78, 5) is 9.97. The smallest absolute Gasteiger partial charge is 0.381 e. The van der Waals surface area contributed by atoms with Gasteiger partial charge in [0.05, 0.1) is 6.61 Å². The minimum Gasteiger partial charge on any atom is -0.472 e. The summed E-state index contributed by atoms with van der Waals surface area (Å²) in [5, 5.41) is 8.18. The Balaban J connectivity index is 2.22. The molecular weight excluding hydrogens is 144 g/mol. The van der Waals surface area contributed by atoms with Crippen LogP contribution in [0.1, 0.15) is 12.8 Å². The molecule has 1 aliphatic rings. The third-order valence-electron chi connectivity index (χ3n) is 1.61. The maximum atomic E-state index is 9.97. The number of aliphatic carboxylic acids is 1. The Bertz CT molecular complexity index is 193. The molecule has 11 heavy (non-hydrogen) atoms. The maximum Gasteiger partial charge on any atom is 0.381 e. The van der Waals surface area contributed by atoms with Gasteiger partial charge in [-0.15, -0.1) is 0 Å². The third-order valence-corrected chi connectivity index (χ3v) is 1.61. The van der Waals surface area contributed by atoms with Crippen LogP contribution in [0.5, 0.6) is 0 Å². The van der Waals surface area contributed by atoms with Crippen LogP contribution in [-0.4, -0.2) is 24.3 Å². The summed E-state index contributed by atoms with van der Waals surface area (Å²) in [7, 11) is 0. The summed E-state index contributed by atoms with van der Waals surface area (Å²) < 4.78 is 5.10. The SMILES string of the molecule is O=C(O)C#CCC1CCOC1. The van der Waals surface area contributed by atoms with Gasteiger partial charge in [-0.1, -0.05) is 5.92 Å². The van der Waals surface area contributed by atoms with Gasteiger partial charge in [0.2, 0.25) is 0 Å². The van der Waals surface area contributed by atoms with E-state index in [1.807, 2.05) is 0 Å². The van der Waals surface area contributed by atoms with Crippen LogP contribution in [0.15, 0.2) is 0 Å². The average molecular weight is 154 g/mol. The normalized spacial score (nSPS) is 22.4. The van der Waals surface area contributed by atoms with Gasteiger partial charge in [0.25, 0.3) is 0 Å². The summed E-state index contributed by atoms with van der Waals surface area (Å²) in [5.74, 6) is 4.07. The van der Waals surface area contributed by atoms with Gasteiger partial charge in [0.15, 0.2) is 0 Å². The zero-order valence-corrected chi connectivity index (χ0v) is 6.17. The van der Waals surface area contributed by atoms with E-state index in [-0.39, 0.29) is 0 Å². The summed E-state index contributed by atoms with van der Waals surface area (Å²) in [6, 6.07) is 0. The highest BCUT2D eigenvalue weighted by molar-refractivity contribution is 5.86. The summed E-state index contributed by atoms with van der Waals surface area (Å²) in [6.07, 6.45) is 1.65. The fourth-order valence-electron chi connectivity index (χ4n) is 1.02. The summed E-state index contributed by atoms with van der Waals surface area (Å²) in [5.41, 5.74) is 0. The lowest BCUT2D eigenvalue weighted by molar-refractivity contribution is -0.130. The van der Waals surface area contributed by atoms with E-state index in [4.69, 9.17) is 9.84 Å². The molecular formula is C8H10O3. The van der Waals surface area contributed by atoms with Gasteiger partial charge in [0.1, 0.15) is 0 Å². The van der Waals surface area contributed by atoms with Crippen molar-refractivity contribution in [3.63, 3.8) is 0 Å². The molecule has 1 fully saturated rings. The molecule has 1 N–H and O–H groups in total. The molecule has 1 saturated heterocycles. The second kappa shape index (κ2) is 3.99. The summed E-state index contributed by atoms with van der Waals surface area (Å²) >= 11 is 0. The number of rotatable bonds is 1. The lowest BCUT2D eigenvalue weighted by Gasteiger charge is -1.97. The predicted octanol–water partition coefficient (Wildman–Crippen LogP) is 0.501. The van der Waals surface area contributed by atoms with Gasteiger partial charge in [-0.2, -0.15) is 0 Å². The van der Waals surface area contributed by atoms with E-state index in [2.05, 4.69) is 11.8 Å². The van der Waals surface area contributed by atoms with Crippen molar-refractivity contribution in [3.8, 4) is 11.8 Å². The van der Waals surface area contributed by atoms with E-state index in [1.54, 1.807) is 0 Å². The molecule has 0 bridgehead atoms. The van der Waals surface area contributed by atoms with E-state index in [0.29, 0.717) is 12.3 Å². The highest BCUT2D eigenvalue weighted by atomic mass is 16.5. The van der Waals surface area contributed by atoms with Gasteiger partial charge < -0.3 is 9.84 Å². The lowest BCUT2D eigenvalue weighted by atomic mass is 10.1. The molecule has 0 aromatic heterocycles. The molecule has 1 aliphatic heterocycles. The van der Waals surface area contributed by atoms with Crippen LogP contribution in [0.4, 0.5) is 0 Å². The fourth-order valence-corrected chi connectivity index (χ4v) is 1.02. The highest BCUT2D eigenvalue weighted by Gasteiger charge is 2.13. The largest absolute Gasteiger partial charge is 0.472 e. The minimum atomic E-state index is -1.05. The standard InChI is InChI=1S/C8H10O3/c9-8(10)3-1-2-7-4-5-11-6-7/h7H,2,4-6H2,(H,9,10). The number of ether oxygens (including phenoxy) is 1. The molecule has 0 aromatic carbocycles. The van der Waals surface area contributed by atoms with Crippen molar-refractivity contribution in [3.05, 3.63) is 0 Å². The Morgan fingerprint density at radius 2 is 2.55 bits per heavy atom. The first-order chi connectivity index (χ1) is 5.29. The van der Waals surface area contributed by atoms with Crippen molar-refractivity contribution >= 4 is 5.97 Å². The van der Waals surface area contributed by atoms with Crippen LogP contribution in [-0.2, 0) is 9.53 Å². The Morgan fingerprint density at radius 3 is 3.09 bits per heavy atom. The molecule has 1 heterocycles. The van der Waals surface area contributed by atoms with E-state index in [9.17, 15) is 4.79 Å². The Kier molecular flexibility index (Phi) is 2.94. The lowest BCUT2D eigenvalue weighted by Crippen LogP contribution is -1.97. The Labute approximate surface area is 65.4 Å². The van der Waals surface area contributed by atoms with Crippen LogP contribution >= 0.6 is 0 Å². The van der Waals surface area contributed by atoms with Gasteiger partial charge in [-0.05, 0) is 12.3 Å². The molecule has 0 spiro atoms. The highest BCUT2D eigenvalue weighted by Crippen LogP contribution is 2.14. The van der Waals surface area contributed by atoms with Crippen molar-refractivity contribution in [2.24, 2.45) is 5.92 Å². The predicted molar refractivity (Wildman–Crippen MR) is 39.0 cm³/mol. The Hall–Kier alpha value is -1.01. The van der Waals surface area contributed by atoms with Crippen LogP contribution < -0.4 is 0 Å². The second-order valence-electron chi connectivity index (χ2n) is 2.54. The van der Waals surface area contributed by atoms with Gasteiger partial charge in [-0.3, -0.25) is 0 Å². The van der Waals surface area contributed by atoms with Crippen molar-refractivity contribution in [1.82, 2.24) is 0 Å². The van der Waals surface area contributed by atoms with Crippen LogP contribution in [0.25, 0.3) is 0 Å². The van der Waals surface area contributed by atoms with Crippen LogP contribution in [0, 0.1) is 17.8 Å². The average Bonchev–Trinajstić information content (AvgIpc) is 2.39. The van der Waals surface area contributed by atoms with E-state index in [1.165, 1.54) is 0 Å². The zero-order valence-electron chi connectivity index (χ0n) is 6.17. The number of hydrogen-bond donors (Lipinski definition) is 1. The first kappa shape index (κ1) is 8.09. The topological polar surface area (TPSA) is 46.5 Å². The molecule has 0 aliphatic carbocycles. The van der Waals surface area contributed by atoms with Gasteiger partial charge in [0, 0.05) is 18.9 Å². The molecule has 0 amide bonds. The van der Waals surface area contributed by atoms with Gasteiger partial charge in [-0.25, -0.2) is 4.79 Å².